The van der Waals surface area contributed by atoms with Crippen molar-refractivity contribution < 1.29 is 22.6 Å². The Morgan fingerprint density at radius 3 is 2.12 bits per heavy atom. The van der Waals surface area contributed by atoms with Crippen molar-refractivity contribution in [3.63, 3.8) is 0 Å². The van der Waals surface area contributed by atoms with Gasteiger partial charge in [-0.2, -0.15) is 13.2 Å². The van der Waals surface area contributed by atoms with Crippen molar-refractivity contribution in [1.82, 2.24) is 0 Å². The number of ether oxygens (including phenoxy) is 2. The minimum atomic E-state index is -4.35. The topological polar surface area (TPSA) is 18.5 Å². The molecule has 0 aliphatic rings. The molecule has 0 bridgehead atoms. The monoisotopic (exact) mass is 298 g/mol. The van der Waals surface area contributed by atoms with Gasteiger partial charge in [0, 0.05) is 24.3 Å². The van der Waals surface area contributed by atoms with Gasteiger partial charge < -0.3 is 9.47 Å². The fourth-order valence-corrected chi connectivity index (χ4v) is 1.81. The van der Waals surface area contributed by atoms with Crippen LogP contribution in [0.2, 0.25) is 0 Å². The lowest BCUT2D eigenvalue weighted by Crippen LogP contribution is -2.08. The molecule has 0 aromatic heterocycles. The van der Waals surface area contributed by atoms with Gasteiger partial charge in [-0.15, -0.1) is 0 Å². The quantitative estimate of drug-likeness (QED) is 0.791. The Labute approximate surface area is 99.5 Å². The highest BCUT2D eigenvalue weighted by Gasteiger charge is 2.31. The first-order valence-corrected chi connectivity index (χ1v) is 5.11. The minimum absolute atomic E-state index is 0.302. The summed E-state index contributed by atoms with van der Waals surface area (Å²) in [5, 5.41) is 0. The molecule has 0 spiro atoms. The SMILES string of the molecule is COC(OC)c1ccc(C(F)(F)F)cc1Br. The van der Waals surface area contributed by atoms with Gasteiger partial charge >= 0.3 is 6.18 Å². The fourth-order valence-electron chi connectivity index (χ4n) is 1.24. The molecule has 1 aromatic carbocycles. The standard InChI is InChI=1S/C10H10BrF3O2/c1-15-9(16-2)7-4-3-6(5-8(7)11)10(12,13)14/h3-5,9H,1-2H3. The van der Waals surface area contributed by atoms with E-state index in [0.717, 1.165) is 12.1 Å². The first kappa shape index (κ1) is 13.5. The van der Waals surface area contributed by atoms with Gasteiger partial charge in [0.2, 0.25) is 0 Å². The van der Waals surface area contributed by atoms with Gasteiger partial charge in [0.25, 0.3) is 0 Å². The molecule has 0 N–H and O–H groups in total. The van der Waals surface area contributed by atoms with E-state index in [4.69, 9.17) is 9.47 Å². The maximum Gasteiger partial charge on any atom is 0.416 e. The number of benzene rings is 1. The molecule has 90 valence electrons. The molecule has 0 saturated carbocycles. The lowest BCUT2D eigenvalue weighted by atomic mass is 10.1. The molecule has 6 heteroatoms. The van der Waals surface area contributed by atoms with Gasteiger partial charge in [-0.05, 0) is 12.1 Å². The summed E-state index contributed by atoms with van der Waals surface area (Å²) in [4.78, 5) is 0. The molecule has 16 heavy (non-hydrogen) atoms. The number of hydrogen-bond donors (Lipinski definition) is 0. The summed E-state index contributed by atoms with van der Waals surface area (Å²) in [7, 11) is 2.83. The van der Waals surface area contributed by atoms with Crippen LogP contribution in [0, 0.1) is 0 Å². The Kier molecular flexibility index (Phi) is 4.35. The second-order valence-corrected chi connectivity index (χ2v) is 3.89. The Hall–Kier alpha value is -0.590. The van der Waals surface area contributed by atoms with Crippen molar-refractivity contribution in [2.45, 2.75) is 12.5 Å². The zero-order chi connectivity index (χ0) is 12.3. The van der Waals surface area contributed by atoms with Crippen molar-refractivity contribution in [3.05, 3.63) is 33.8 Å². The Morgan fingerprint density at radius 1 is 1.19 bits per heavy atom. The third-order valence-corrected chi connectivity index (χ3v) is 2.70. The van der Waals surface area contributed by atoms with E-state index < -0.39 is 18.0 Å². The van der Waals surface area contributed by atoms with Crippen LogP contribution in [0.5, 0.6) is 0 Å². The van der Waals surface area contributed by atoms with Crippen LogP contribution in [0.4, 0.5) is 13.2 Å². The third kappa shape index (κ3) is 2.96. The summed E-state index contributed by atoms with van der Waals surface area (Å²) in [6, 6.07) is 3.32. The molecule has 0 unspecified atom stereocenters. The van der Waals surface area contributed by atoms with Crippen LogP contribution in [-0.4, -0.2) is 14.2 Å². The molecule has 0 aliphatic carbocycles. The maximum absolute atomic E-state index is 12.4. The van der Waals surface area contributed by atoms with Crippen LogP contribution in [-0.2, 0) is 15.7 Å². The average Bonchev–Trinajstić information content (AvgIpc) is 2.20. The maximum atomic E-state index is 12.4. The molecule has 0 radical (unpaired) electrons. The van der Waals surface area contributed by atoms with E-state index in [1.165, 1.54) is 20.3 Å². The number of halogens is 4. The van der Waals surface area contributed by atoms with Crippen LogP contribution < -0.4 is 0 Å². The third-order valence-electron chi connectivity index (χ3n) is 2.01. The summed E-state index contributed by atoms with van der Waals surface area (Å²) in [6.07, 6.45) is -5.03. The number of rotatable bonds is 3. The average molecular weight is 299 g/mol. The van der Waals surface area contributed by atoms with Crippen molar-refractivity contribution >= 4 is 15.9 Å². The van der Waals surface area contributed by atoms with Gasteiger partial charge in [0.15, 0.2) is 6.29 Å². The van der Waals surface area contributed by atoms with Crippen molar-refractivity contribution in [3.8, 4) is 0 Å². The summed E-state index contributed by atoms with van der Waals surface area (Å²) >= 11 is 3.06. The van der Waals surface area contributed by atoms with Gasteiger partial charge in [-0.3, -0.25) is 0 Å². The predicted octanol–water partition coefficient (Wildman–Crippen LogP) is 3.76. The lowest BCUT2D eigenvalue weighted by molar-refractivity contribution is -0.137. The minimum Gasteiger partial charge on any atom is -0.352 e. The lowest BCUT2D eigenvalue weighted by Gasteiger charge is -2.16. The molecule has 0 amide bonds. The van der Waals surface area contributed by atoms with Gasteiger partial charge in [-0.25, -0.2) is 0 Å². The predicted molar refractivity (Wildman–Crippen MR) is 55.9 cm³/mol. The van der Waals surface area contributed by atoms with Crippen LogP contribution in [0.1, 0.15) is 17.4 Å². The number of alkyl halides is 3. The molecule has 1 aromatic rings. The molecule has 0 heterocycles. The first-order chi connectivity index (χ1) is 7.40. The van der Waals surface area contributed by atoms with Gasteiger partial charge in [-0.1, -0.05) is 22.0 Å². The second-order valence-electron chi connectivity index (χ2n) is 3.04. The van der Waals surface area contributed by atoms with E-state index in [-0.39, 0.29) is 0 Å². The van der Waals surface area contributed by atoms with E-state index in [0.29, 0.717) is 10.0 Å². The summed E-state index contributed by atoms with van der Waals surface area (Å²) in [5.41, 5.74) is -0.202. The molecule has 0 atom stereocenters. The van der Waals surface area contributed by atoms with Crippen LogP contribution >= 0.6 is 15.9 Å². The van der Waals surface area contributed by atoms with E-state index >= 15 is 0 Å². The molecular weight excluding hydrogens is 289 g/mol. The largest absolute Gasteiger partial charge is 0.416 e. The molecular formula is C10H10BrF3O2. The first-order valence-electron chi connectivity index (χ1n) is 4.32. The number of methoxy groups -OCH3 is 2. The molecule has 2 nitrogen and oxygen atoms in total. The van der Waals surface area contributed by atoms with E-state index in [9.17, 15) is 13.2 Å². The van der Waals surface area contributed by atoms with Gasteiger partial charge in [0.05, 0.1) is 5.56 Å². The number of hydrogen-bond acceptors (Lipinski definition) is 2. The van der Waals surface area contributed by atoms with E-state index in [1.54, 1.807) is 0 Å². The Morgan fingerprint density at radius 2 is 1.75 bits per heavy atom. The molecule has 0 fully saturated rings. The zero-order valence-electron chi connectivity index (χ0n) is 8.64. The highest BCUT2D eigenvalue weighted by molar-refractivity contribution is 9.10. The van der Waals surface area contributed by atoms with Crippen LogP contribution in [0.3, 0.4) is 0 Å². The van der Waals surface area contributed by atoms with E-state index in [2.05, 4.69) is 15.9 Å². The highest BCUT2D eigenvalue weighted by atomic mass is 79.9. The Balaban J connectivity index is 3.09. The summed E-state index contributed by atoms with van der Waals surface area (Å²) in [5.74, 6) is 0. The highest BCUT2D eigenvalue weighted by Crippen LogP contribution is 2.34. The van der Waals surface area contributed by atoms with Crippen molar-refractivity contribution in [2.75, 3.05) is 14.2 Å². The van der Waals surface area contributed by atoms with Gasteiger partial charge in [0.1, 0.15) is 0 Å². The smallest absolute Gasteiger partial charge is 0.352 e. The van der Waals surface area contributed by atoms with Crippen LogP contribution in [0.25, 0.3) is 0 Å². The second kappa shape index (κ2) is 5.16. The van der Waals surface area contributed by atoms with Crippen molar-refractivity contribution in [2.24, 2.45) is 0 Å². The Bertz CT molecular complexity index is 362. The normalized spacial score (nSPS) is 12.2. The summed E-state index contributed by atoms with van der Waals surface area (Å²) < 4.78 is 47.4. The molecule has 1 rings (SSSR count). The van der Waals surface area contributed by atoms with E-state index in [1.807, 2.05) is 0 Å². The molecule has 0 aliphatic heterocycles. The van der Waals surface area contributed by atoms with Crippen LogP contribution in [0.15, 0.2) is 22.7 Å². The zero-order valence-corrected chi connectivity index (χ0v) is 10.2. The fraction of sp³-hybridized carbons (Fsp3) is 0.400. The summed E-state index contributed by atoms with van der Waals surface area (Å²) in [6.45, 7) is 0. The molecule has 0 saturated heterocycles. The van der Waals surface area contributed by atoms with Crippen molar-refractivity contribution in [1.29, 1.82) is 0 Å².